The number of nitrogens with one attached hydrogen (secondary N) is 2. The number of nitrogens with zero attached hydrogens (tertiary/aromatic N) is 5. The molecule has 1 amide bonds. The van der Waals surface area contributed by atoms with Crippen molar-refractivity contribution in [2.45, 2.75) is 52.0 Å². The summed E-state index contributed by atoms with van der Waals surface area (Å²) in [6.07, 6.45) is 3.48. The number of carbonyl (C=O) groups is 1. The predicted molar refractivity (Wildman–Crippen MR) is 128 cm³/mol. The van der Waals surface area contributed by atoms with E-state index in [1.165, 1.54) is 6.20 Å². The predicted octanol–water partition coefficient (Wildman–Crippen LogP) is 4.12. The number of carbonyl (C=O) groups excluding carboxylic acids is 1. The molecule has 0 saturated carbocycles. The number of anilines is 3. The summed E-state index contributed by atoms with van der Waals surface area (Å²) in [7, 11) is 1.82. The summed E-state index contributed by atoms with van der Waals surface area (Å²) >= 11 is 0. The van der Waals surface area contributed by atoms with Crippen LogP contribution in [0.3, 0.4) is 0 Å². The fourth-order valence-electron chi connectivity index (χ4n) is 3.99. The summed E-state index contributed by atoms with van der Waals surface area (Å²) in [6, 6.07) is 2.45. The summed E-state index contributed by atoms with van der Waals surface area (Å²) in [5.74, 6) is 0.969. The van der Waals surface area contributed by atoms with Crippen LogP contribution in [0.15, 0.2) is 42.3 Å². The van der Waals surface area contributed by atoms with Gasteiger partial charge in [-0.1, -0.05) is 12.2 Å². The zero-order valence-corrected chi connectivity index (χ0v) is 20.0. The molecule has 1 unspecified atom stereocenters. The number of halogens is 3. The first-order valence-corrected chi connectivity index (χ1v) is 11.3. The Morgan fingerprint density at radius 2 is 2.03 bits per heavy atom. The van der Waals surface area contributed by atoms with Gasteiger partial charge >= 0.3 is 6.18 Å². The van der Waals surface area contributed by atoms with Gasteiger partial charge in [0.15, 0.2) is 5.82 Å². The van der Waals surface area contributed by atoms with Crippen molar-refractivity contribution in [2.75, 3.05) is 29.1 Å². The first-order chi connectivity index (χ1) is 16.5. The lowest BCUT2D eigenvalue weighted by atomic mass is 10.1. The third-order valence-electron chi connectivity index (χ3n) is 6.25. The molecule has 0 spiro atoms. The van der Waals surface area contributed by atoms with Crippen LogP contribution in [-0.4, -0.2) is 51.4 Å². The molecule has 2 aromatic heterocycles. The fraction of sp³-hybridized carbons (Fsp3) is 0.417. The topological polar surface area (TPSA) is 86.3 Å². The van der Waals surface area contributed by atoms with E-state index in [-0.39, 0.29) is 18.0 Å². The van der Waals surface area contributed by atoms with Crippen molar-refractivity contribution in [3.8, 4) is 0 Å². The largest absolute Gasteiger partial charge is 0.433 e. The van der Waals surface area contributed by atoms with E-state index in [2.05, 4.69) is 31.7 Å². The molecule has 8 nitrogen and oxygen atoms in total. The molecule has 0 bridgehead atoms. The molecular formula is C24H28F3N7O. The Morgan fingerprint density at radius 1 is 1.26 bits per heavy atom. The quantitative estimate of drug-likeness (QED) is 0.656. The highest BCUT2D eigenvalue weighted by molar-refractivity contribution is 6.03. The van der Waals surface area contributed by atoms with Crippen molar-refractivity contribution in [1.29, 1.82) is 0 Å². The molecule has 0 saturated heterocycles. The highest BCUT2D eigenvalue weighted by Crippen LogP contribution is 2.32. The fourth-order valence-corrected chi connectivity index (χ4v) is 3.99. The highest BCUT2D eigenvalue weighted by atomic mass is 19.4. The summed E-state index contributed by atoms with van der Waals surface area (Å²) in [5.41, 5.74) is 1.84. The number of aryl methyl sites for hydroxylation is 1. The smallest absolute Gasteiger partial charge is 0.370 e. The van der Waals surface area contributed by atoms with Gasteiger partial charge in [-0.3, -0.25) is 9.78 Å². The highest BCUT2D eigenvalue weighted by Gasteiger charge is 2.33. The van der Waals surface area contributed by atoms with Gasteiger partial charge in [0.2, 0.25) is 11.9 Å². The number of hydrogen-bond acceptors (Lipinski definition) is 7. The number of aromatic nitrogens is 3. The van der Waals surface area contributed by atoms with E-state index in [9.17, 15) is 18.0 Å². The second kappa shape index (κ2) is 9.55. The number of pyridine rings is 1. The molecule has 35 heavy (non-hydrogen) atoms. The Balaban J connectivity index is 1.51. The molecule has 4 heterocycles. The van der Waals surface area contributed by atoms with Gasteiger partial charge in [-0.05, 0) is 50.5 Å². The van der Waals surface area contributed by atoms with Crippen LogP contribution >= 0.6 is 0 Å². The summed E-state index contributed by atoms with van der Waals surface area (Å²) < 4.78 is 39.2. The van der Waals surface area contributed by atoms with Crippen LogP contribution in [0.25, 0.3) is 0 Å². The zero-order chi connectivity index (χ0) is 25.3. The average molecular weight is 488 g/mol. The lowest BCUT2D eigenvalue weighted by molar-refractivity contribution is -0.141. The standard InChI is InChI=1S/C24H28F3N7O/c1-14-6-5-7-18(13-34(14)12-17-8-9-28-19(10-17)24(25,26)27)11-29-23-30-15(2)20-21(32-23)33(4)16(3)22(35)31-20/h5,7-10,13-14,16H,6,11-12H2,1-4H3,(H,31,35)(H,29,30,32)/t14?,16-/m0/s1. The number of amides is 1. The van der Waals surface area contributed by atoms with Crippen molar-refractivity contribution < 1.29 is 18.0 Å². The Hall–Kier alpha value is -3.63. The van der Waals surface area contributed by atoms with Crippen molar-refractivity contribution in [3.05, 3.63) is 59.2 Å². The van der Waals surface area contributed by atoms with Crippen LogP contribution in [0, 0.1) is 6.92 Å². The maximum absolute atomic E-state index is 13.1. The molecule has 2 aromatic rings. The minimum absolute atomic E-state index is 0.104. The third-order valence-corrected chi connectivity index (χ3v) is 6.25. The van der Waals surface area contributed by atoms with Gasteiger partial charge in [-0.15, -0.1) is 0 Å². The van der Waals surface area contributed by atoms with Crippen molar-refractivity contribution in [3.63, 3.8) is 0 Å². The van der Waals surface area contributed by atoms with Gasteiger partial charge in [0, 0.05) is 38.6 Å². The summed E-state index contributed by atoms with van der Waals surface area (Å²) in [4.78, 5) is 28.5. The molecule has 0 aromatic carbocycles. The number of hydrogen-bond donors (Lipinski definition) is 2. The van der Waals surface area contributed by atoms with Gasteiger partial charge in [-0.25, -0.2) is 4.98 Å². The van der Waals surface area contributed by atoms with E-state index in [0.29, 0.717) is 41.8 Å². The van der Waals surface area contributed by atoms with Crippen LogP contribution < -0.4 is 15.5 Å². The second-order valence-electron chi connectivity index (χ2n) is 8.87. The monoisotopic (exact) mass is 487 g/mol. The van der Waals surface area contributed by atoms with E-state index in [4.69, 9.17) is 0 Å². The molecule has 0 aliphatic carbocycles. The SMILES string of the molecule is Cc1nc(NCC2=CN(Cc3ccnc(C(F)(F)F)c3)C(C)CC=C2)nc2c1NC(=O)[C@H](C)N2C. The Kier molecular flexibility index (Phi) is 6.68. The molecule has 11 heteroatoms. The van der Waals surface area contributed by atoms with Crippen LogP contribution in [0.1, 0.15) is 37.2 Å². The molecule has 0 radical (unpaired) electrons. The summed E-state index contributed by atoms with van der Waals surface area (Å²) in [6.45, 7) is 6.40. The average Bonchev–Trinajstić information content (AvgIpc) is 2.97. The van der Waals surface area contributed by atoms with E-state index in [1.54, 1.807) is 13.0 Å². The lowest BCUT2D eigenvalue weighted by Crippen LogP contribution is -2.44. The second-order valence-corrected chi connectivity index (χ2v) is 8.87. The van der Waals surface area contributed by atoms with Crippen LogP contribution in [0.5, 0.6) is 0 Å². The lowest BCUT2D eigenvalue weighted by Gasteiger charge is -2.32. The van der Waals surface area contributed by atoms with Gasteiger partial charge in [-0.2, -0.15) is 18.2 Å². The van der Waals surface area contributed by atoms with Gasteiger partial charge in [0.1, 0.15) is 17.4 Å². The van der Waals surface area contributed by atoms with Crippen molar-refractivity contribution in [1.82, 2.24) is 19.9 Å². The molecule has 2 aliphatic rings. The Morgan fingerprint density at radius 3 is 2.77 bits per heavy atom. The molecule has 2 atom stereocenters. The first-order valence-electron chi connectivity index (χ1n) is 11.3. The zero-order valence-electron chi connectivity index (χ0n) is 20.0. The molecule has 0 fully saturated rings. The van der Waals surface area contributed by atoms with Crippen molar-refractivity contribution >= 4 is 23.4 Å². The molecule has 4 rings (SSSR count). The van der Waals surface area contributed by atoms with E-state index < -0.39 is 11.9 Å². The van der Waals surface area contributed by atoms with Gasteiger partial charge in [0.05, 0.1) is 5.69 Å². The third kappa shape index (κ3) is 5.39. The number of likely N-dealkylation sites (N-methyl/N-ethyl adjacent to an activating group) is 1. The number of alkyl halides is 3. The molecule has 2 N–H and O–H groups in total. The molecule has 2 aliphatic heterocycles. The van der Waals surface area contributed by atoms with E-state index in [0.717, 1.165) is 18.1 Å². The van der Waals surface area contributed by atoms with Crippen LogP contribution in [0.4, 0.5) is 30.6 Å². The molecular weight excluding hydrogens is 459 g/mol. The van der Waals surface area contributed by atoms with E-state index in [1.807, 2.05) is 43.0 Å². The van der Waals surface area contributed by atoms with Crippen LogP contribution in [-0.2, 0) is 17.5 Å². The van der Waals surface area contributed by atoms with Crippen LogP contribution in [0.2, 0.25) is 0 Å². The maximum Gasteiger partial charge on any atom is 0.433 e. The normalized spacial score (nSPS) is 20.2. The minimum atomic E-state index is -4.48. The Labute approximate surface area is 202 Å². The summed E-state index contributed by atoms with van der Waals surface area (Å²) in [5, 5.41) is 6.10. The van der Waals surface area contributed by atoms with Crippen molar-refractivity contribution in [2.24, 2.45) is 0 Å². The number of fused-ring (bicyclic) bond motifs is 1. The number of rotatable bonds is 5. The van der Waals surface area contributed by atoms with Gasteiger partial charge < -0.3 is 20.4 Å². The Bertz CT molecular complexity index is 1180. The minimum Gasteiger partial charge on any atom is -0.370 e. The maximum atomic E-state index is 13.1. The first kappa shape index (κ1) is 24.5. The van der Waals surface area contributed by atoms with E-state index >= 15 is 0 Å². The molecule has 186 valence electrons. The van der Waals surface area contributed by atoms with Gasteiger partial charge in [0.25, 0.3) is 0 Å².